The van der Waals surface area contributed by atoms with E-state index in [2.05, 4.69) is 125 Å². The number of fused-ring (bicyclic) bond motifs is 1. The quantitative estimate of drug-likeness (QED) is 0.250. The van der Waals surface area contributed by atoms with Crippen LogP contribution in [0.2, 0.25) is 0 Å². The van der Waals surface area contributed by atoms with Crippen LogP contribution >= 0.6 is 0 Å². The van der Waals surface area contributed by atoms with Gasteiger partial charge in [-0.15, -0.1) is 0 Å². The summed E-state index contributed by atoms with van der Waals surface area (Å²) in [5.41, 5.74) is 13.4. The summed E-state index contributed by atoms with van der Waals surface area (Å²) in [4.78, 5) is 0. The molecule has 0 heteroatoms. The molecule has 0 heterocycles. The summed E-state index contributed by atoms with van der Waals surface area (Å²) >= 11 is 0. The third-order valence-electron chi connectivity index (χ3n) is 6.91. The summed E-state index contributed by atoms with van der Waals surface area (Å²) in [5.74, 6) is 0. The van der Waals surface area contributed by atoms with Crippen molar-refractivity contribution in [1.29, 1.82) is 0 Å². The predicted octanol–water partition coefficient (Wildman–Crippen LogP) is 10.1. The van der Waals surface area contributed by atoms with Gasteiger partial charge in [-0.3, -0.25) is 0 Å². The molecule has 0 unspecified atom stereocenters. The Hall–Kier alpha value is -4.16. The molecule has 5 rings (SSSR count). The Morgan fingerprint density at radius 1 is 0.514 bits per heavy atom. The molecule has 0 aromatic heterocycles. The fraction of sp³-hybridized carbons (Fsp3) is 0.0857. The third kappa shape index (κ3) is 4.02. The Bertz CT molecular complexity index is 1560. The second kappa shape index (κ2) is 9.24. The van der Waals surface area contributed by atoms with Gasteiger partial charge in [0.1, 0.15) is 0 Å². The number of rotatable bonds is 5. The standard InChI is InChI=1S/C35H30/c1-6-29-30(7-2)35(28-19-17-26(18-20-28)31-21-14-24(4)22-25(31)5)33-11-9-8-10-32(33)34(29)27-15-12-23(3)13-16-27/h6-22H,1-2H2,3-5H3. The second-order valence-electron chi connectivity index (χ2n) is 9.29. The van der Waals surface area contributed by atoms with Crippen LogP contribution in [-0.4, -0.2) is 0 Å². The molecule has 0 aliphatic heterocycles. The van der Waals surface area contributed by atoms with Crippen molar-refractivity contribution >= 4 is 22.9 Å². The van der Waals surface area contributed by atoms with Gasteiger partial charge in [0.05, 0.1) is 0 Å². The first-order chi connectivity index (χ1) is 17.0. The minimum absolute atomic E-state index is 1.12. The smallest absolute Gasteiger partial charge is 0.00266 e. The predicted molar refractivity (Wildman–Crippen MR) is 155 cm³/mol. The highest BCUT2D eigenvalue weighted by atomic mass is 14.2. The first-order valence-electron chi connectivity index (χ1n) is 12.1. The van der Waals surface area contributed by atoms with Crippen molar-refractivity contribution in [2.45, 2.75) is 20.8 Å². The summed E-state index contributed by atoms with van der Waals surface area (Å²) in [6, 6.07) is 33.0. The van der Waals surface area contributed by atoms with Gasteiger partial charge in [0, 0.05) is 0 Å². The molecule has 5 aromatic carbocycles. The van der Waals surface area contributed by atoms with Gasteiger partial charge in [0.25, 0.3) is 0 Å². The van der Waals surface area contributed by atoms with Crippen molar-refractivity contribution in [2.24, 2.45) is 0 Å². The molecule has 0 aliphatic rings. The first-order valence-corrected chi connectivity index (χ1v) is 12.1. The van der Waals surface area contributed by atoms with Crippen LogP contribution in [-0.2, 0) is 0 Å². The fourth-order valence-electron chi connectivity index (χ4n) is 5.20. The molecule has 0 bridgehead atoms. The molecular weight excluding hydrogens is 420 g/mol. The summed E-state index contributed by atoms with van der Waals surface area (Å²) in [7, 11) is 0. The minimum Gasteiger partial charge on any atom is -0.0984 e. The van der Waals surface area contributed by atoms with Crippen LogP contribution in [0.15, 0.2) is 104 Å². The molecule has 0 N–H and O–H groups in total. The Labute approximate surface area is 208 Å². The minimum atomic E-state index is 1.12. The van der Waals surface area contributed by atoms with E-state index in [9.17, 15) is 0 Å². The Kier molecular flexibility index (Phi) is 5.97. The van der Waals surface area contributed by atoms with E-state index < -0.39 is 0 Å². The topological polar surface area (TPSA) is 0 Å². The highest BCUT2D eigenvalue weighted by molar-refractivity contribution is 6.11. The lowest BCUT2D eigenvalue weighted by atomic mass is 9.83. The van der Waals surface area contributed by atoms with E-state index in [-0.39, 0.29) is 0 Å². The van der Waals surface area contributed by atoms with Crippen LogP contribution in [0, 0.1) is 20.8 Å². The third-order valence-corrected chi connectivity index (χ3v) is 6.91. The Balaban J connectivity index is 1.76. The monoisotopic (exact) mass is 450 g/mol. The van der Waals surface area contributed by atoms with Gasteiger partial charge < -0.3 is 0 Å². The molecule has 170 valence electrons. The highest BCUT2D eigenvalue weighted by Gasteiger charge is 2.18. The first kappa shape index (κ1) is 22.6. The van der Waals surface area contributed by atoms with E-state index in [0.717, 1.165) is 11.1 Å². The van der Waals surface area contributed by atoms with Gasteiger partial charge in [-0.05, 0) is 81.6 Å². The van der Waals surface area contributed by atoms with Crippen LogP contribution < -0.4 is 0 Å². The maximum Gasteiger partial charge on any atom is -0.00266 e. The molecule has 0 saturated carbocycles. The lowest BCUT2D eigenvalue weighted by molar-refractivity contribution is 1.38. The molecule has 0 radical (unpaired) electrons. The van der Waals surface area contributed by atoms with Crippen LogP contribution in [0.25, 0.3) is 56.3 Å². The van der Waals surface area contributed by atoms with Gasteiger partial charge >= 0.3 is 0 Å². The highest BCUT2D eigenvalue weighted by Crippen LogP contribution is 2.43. The molecule has 5 aromatic rings. The average Bonchev–Trinajstić information content (AvgIpc) is 2.88. The van der Waals surface area contributed by atoms with Crippen molar-refractivity contribution in [3.8, 4) is 33.4 Å². The second-order valence-corrected chi connectivity index (χ2v) is 9.29. The van der Waals surface area contributed by atoms with Gasteiger partial charge in [-0.25, -0.2) is 0 Å². The molecule has 0 atom stereocenters. The van der Waals surface area contributed by atoms with E-state index in [0.29, 0.717) is 0 Å². The van der Waals surface area contributed by atoms with Crippen LogP contribution in [0.1, 0.15) is 27.8 Å². The van der Waals surface area contributed by atoms with Gasteiger partial charge in [-0.2, -0.15) is 0 Å². The van der Waals surface area contributed by atoms with Crippen LogP contribution in [0.4, 0.5) is 0 Å². The molecule has 0 fully saturated rings. The van der Waals surface area contributed by atoms with Crippen molar-refractivity contribution < 1.29 is 0 Å². The SMILES string of the molecule is C=Cc1c(C=C)c(-c2ccc(-c3ccc(C)cc3C)cc2)c2ccccc2c1-c1ccc(C)cc1. The van der Waals surface area contributed by atoms with E-state index in [1.165, 1.54) is 60.8 Å². The average molecular weight is 451 g/mol. The van der Waals surface area contributed by atoms with Crippen molar-refractivity contribution in [2.75, 3.05) is 0 Å². The number of aryl methyl sites for hydroxylation is 3. The molecular formula is C35H30. The number of hydrogen-bond acceptors (Lipinski definition) is 0. The lowest BCUT2D eigenvalue weighted by Gasteiger charge is -2.20. The zero-order valence-electron chi connectivity index (χ0n) is 20.7. The normalized spacial score (nSPS) is 10.9. The van der Waals surface area contributed by atoms with Gasteiger partial charge in [0.15, 0.2) is 0 Å². The zero-order valence-corrected chi connectivity index (χ0v) is 20.7. The van der Waals surface area contributed by atoms with Crippen molar-refractivity contribution in [3.05, 3.63) is 132 Å². The van der Waals surface area contributed by atoms with Crippen LogP contribution in [0.5, 0.6) is 0 Å². The molecule has 0 saturated heterocycles. The summed E-state index contributed by atoms with van der Waals surface area (Å²) < 4.78 is 0. The largest absolute Gasteiger partial charge is 0.0984 e. The van der Waals surface area contributed by atoms with Crippen molar-refractivity contribution in [1.82, 2.24) is 0 Å². The molecule has 0 aliphatic carbocycles. The van der Waals surface area contributed by atoms with Crippen LogP contribution in [0.3, 0.4) is 0 Å². The number of hydrogen-bond donors (Lipinski definition) is 0. The number of benzene rings is 5. The molecule has 35 heavy (non-hydrogen) atoms. The summed E-state index contributed by atoms with van der Waals surface area (Å²) in [5, 5.41) is 2.45. The summed E-state index contributed by atoms with van der Waals surface area (Å²) in [6.45, 7) is 14.9. The maximum absolute atomic E-state index is 4.22. The Morgan fingerprint density at radius 3 is 1.46 bits per heavy atom. The van der Waals surface area contributed by atoms with Crippen molar-refractivity contribution in [3.63, 3.8) is 0 Å². The van der Waals surface area contributed by atoms with E-state index in [4.69, 9.17) is 0 Å². The Morgan fingerprint density at radius 2 is 0.971 bits per heavy atom. The van der Waals surface area contributed by atoms with E-state index in [1.807, 2.05) is 12.2 Å². The van der Waals surface area contributed by atoms with Gasteiger partial charge in [-0.1, -0.05) is 127 Å². The summed E-state index contributed by atoms with van der Waals surface area (Å²) in [6.07, 6.45) is 3.96. The molecule has 0 amide bonds. The molecule has 0 nitrogen and oxygen atoms in total. The lowest BCUT2D eigenvalue weighted by Crippen LogP contribution is -1.96. The van der Waals surface area contributed by atoms with Gasteiger partial charge in [0.2, 0.25) is 0 Å². The maximum atomic E-state index is 4.22. The molecule has 0 spiro atoms. The zero-order chi connectivity index (χ0) is 24.5. The van der Waals surface area contributed by atoms with E-state index in [1.54, 1.807) is 0 Å². The fourth-order valence-corrected chi connectivity index (χ4v) is 5.20. The van der Waals surface area contributed by atoms with E-state index >= 15 is 0 Å².